The minimum absolute atomic E-state index is 0. The van der Waals surface area contributed by atoms with Gasteiger partial charge in [-0.25, -0.2) is 38.2 Å². The van der Waals surface area contributed by atoms with Gasteiger partial charge in [0.15, 0.2) is 0 Å². The molecule has 0 spiro atoms. The van der Waals surface area contributed by atoms with Crippen molar-refractivity contribution in [1.82, 2.24) is 0 Å². The predicted molar refractivity (Wildman–Crippen MR) is 148 cm³/mol. The van der Waals surface area contributed by atoms with Gasteiger partial charge < -0.3 is 0 Å². The molecule has 0 heterocycles. The third kappa shape index (κ3) is 61.1. The van der Waals surface area contributed by atoms with Crippen LogP contribution in [0.5, 0.6) is 0 Å². The molecule has 0 aliphatic heterocycles. The molecule has 8 heteroatoms. The summed E-state index contributed by atoms with van der Waals surface area (Å²) in [6.07, 6.45) is 27.9. The van der Waals surface area contributed by atoms with Crippen molar-refractivity contribution < 1.29 is 49.3 Å². The molecule has 0 unspecified atom stereocenters. The van der Waals surface area contributed by atoms with E-state index in [0.717, 1.165) is 0 Å². The van der Waals surface area contributed by atoms with Crippen molar-refractivity contribution in [3.05, 3.63) is 19.6 Å². The number of allylic oxidation sites excluding steroid dienone is 1. The SMILES string of the molecule is C=C[CH2-].CCCCP(CCCC)CCCC.CCCCP(CCCC)CCCC.[O-][Cl+3]([O-])([O-])[O-].[Pd+2]. The van der Waals surface area contributed by atoms with E-state index in [0.29, 0.717) is 15.8 Å². The largest absolute Gasteiger partial charge is 2.00 e. The molecule has 0 radical (unpaired) electrons. The van der Waals surface area contributed by atoms with Crippen LogP contribution in [-0.4, -0.2) is 37.0 Å². The van der Waals surface area contributed by atoms with Gasteiger partial charge in [-0.3, -0.25) is 0 Å². The number of hydrogen-bond acceptors (Lipinski definition) is 4. The van der Waals surface area contributed by atoms with E-state index >= 15 is 0 Å². The van der Waals surface area contributed by atoms with Gasteiger partial charge in [0, 0.05) is 0 Å². The van der Waals surface area contributed by atoms with Gasteiger partial charge in [-0.1, -0.05) is 80.1 Å². The molecule has 0 saturated carbocycles. The number of hydrogen-bond donors (Lipinski definition) is 0. The Morgan fingerprint density at radius 3 is 0.743 bits per heavy atom. The van der Waals surface area contributed by atoms with E-state index in [9.17, 15) is 0 Å². The smallest absolute Gasteiger partial charge is 0.245 e. The summed E-state index contributed by atoms with van der Waals surface area (Å²) in [6, 6.07) is 0. The van der Waals surface area contributed by atoms with Crippen LogP contribution in [0, 0.1) is 17.2 Å². The Kier molecular flexibility index (Phi) is 52.4. The van der Waals surface area contributed by atoms with Crippen molar-refractivity contribution in [2.45, 2.75) is 119 Å². The van der Waals surface area contributed by atoms with Crippen LogP contribution in [0.1, 0.15) is 119 Å². The van der Waals surface area contributed by atoms with Gasteiger partial charge in [0.05, 0.1) is 0 Å². The summed E-state index contributed by atoms with van der Waals surface area (Å²) in [5.74, 6) is 0. The van der Waals surface area contributed by atoms with Gasteiger partial charge in [0.25, 0.3) is 0 Å². The second kappa shape index (κ2) is 39.8. The van der Waals surface area contributed by atoms with Crippen molar-refractivity contribution in [2.24, 2.45) is 0 Å². The van der Waals surface area contributed by atoms with Crippen molar-refractivity contribution in [3.63, 3.8) is 0 Å². The van der Waals surface area contributed by atoms with Gasteiger partial charge in [-0.05, 0) is 75.5 Å². The molecule has 35 heavy (non-hydrogen) atoms. The zero-order chi connectivity index (χ0) is 27.1. The topological polar surface area (TPSA) is 92.2 Å². The van der Waals surface area contributed by atoms with Gasteiger partial charge >= 0.3 is 20.4 Å². The van der Waals surface area contributed by atoms with Gasteiger partial charge in [0.1, 0.15) is 0 Å². The molecule has 0 aromatic heterocycles. The molecule has 4 nitrogen and oxygen atoms in total. The zero-order valence-electron chi connectivity index (χ0n) is 23.9. The molecule has 0 saturated heterocycles. The monoisotopic (exact) mass is 650 g/mol. The molecule has 218 valence electrons. The predicted octanol–water partition coefficient (Wildman–Crippen LogP) is 5.99. The molecule has 0 atom stereocenters. The molecule has 0 aromatic carbocycles. The minimum atomic E-state index is -4.94. The van der Waals surface area contributed by atoms with Crippen LogP contribution in [0.15, 0.2) is 12.7 Å². The van der Waals surface area contributed by atoms with Crippen LogP contribution in [0.2, 0.25) is 0 Å². The summed E-state index contributed by atoms with van der Waals surface area (Å²) in [7, 11) is -4.10. The van der Waals surface area contributed by atoms with E-state index in [1.54, 1.807) is 37.0 Å². The Morgan fingerprint density at radius 2 is 0.657 bits per heavy atom. The molecular weight excluding hydrogens is 592 g/mol. The maximum Gasteiger partial charge on any atom is 2.00 e. The van der Waals surface area contributed by atoms with E-state index in [1.165, 1.54) is 83.1 Å². The zero-order valence-corrected chi connectivity index (χ0v) is 28.0. The van der Waals surface area contributed by atoms with Gasteiger partial charge in [0.2, 0.25) is 0 Å². The average Bonchev–Trinajstić information content (AvgIpc) is 2.78. The Labute approximate surface area is 239 Å². The molecular formula is C27H59ClO4P2Pd. The van der Waals surface area contributed by atoms with E-state index in [4.69, 9.17) is 18.6 Å². The summed E-state index contributed by atoms with van der Waals surface area (Å²) in [6.45, 7) is 20.4. The molecule has 0 bridgehead atoms. The summed E-state index contributed by atoms with van der Waals surface area (Å²) in [4.78, 5) is 0. The van der Waals surface area contributed by atoms with Crippen molar-refractivity contribution >= 4 is 15.8 Å². The maximum absolute atomic E-state index is 8.49. The first kappa shape index (κ1) is 46.1. The molecule has 0 N–H and O–H groups in total. The van der Waals surface area contributed by atoms with Crippen LogP contribution in [0.25, 0.3) is 0 Å². The van der Waals surface area contributed by atoms with Gasteiger partial charge in [-0.15, -0.1) is 26.1 Å². The summed E-state index contributed by atoms with van der Waals surface area (Å²) in [5, 5.41) is 0. The first-order valence-electron chi connectivity index (χ1n) is 13.6. The van der Waals surface area contributed by atoms with Crippen LogP contribution in [0.4, 0.5) is 0 Å². The van der Waals surface area contributed by atoms with E-state index in [2.05, 4.69) is 55.0 Å². The fourth-order valence-electron chi connectivity index (χ4n) is 2.96. The second-order valence-electron chi connectivity index (χ2n) is 8.47. The Balaban J connectivity index is -0.000000129. The molecule has 0 aromatic rings. The fraction of sp³-hybridized carbons (Fsp3) is 0.889. The summed E-state index contributed by atoms with van der Waals surface area (Å²) < 4.78 is 34.0. The first-order valence-corrected chi connectivity index (χ1v) is 18.6. The quantitative estimate of drug-likeness (QED) is 0.104. The minimum Gasteiger partial charge on any atom is -0.245 e. The molecule has 0 aliphatic rings. The Morgan fingerprint density at radius 1 is 0.543 bits per heavy atom. The first-order chi connectivity index (χ1) is 16.1. The average molecular weight is 652 g/mol. The molecule has 0 aliphatic carbocycles. The maximum atomic E-state index is 8.49. The Hall–Kier alpha value is 1.26. The second-order valence-corrected chi connectivity index (χ2v) is 14.6. The van der Waals surface area contributed by atoms with Crippen molar-refractivity contribution in [2.75, 3.05) is 37.0 Å². The third-order valence-electron chi connectivity index (χ3n) is 4.97. The number of halogens is 1. The van der Waals surface area contributed by atoms with E-state index in [-0.39, 0.29) is 20.4 Å². The van der Waals surface area contributed by atoms with E-state index < -0.39 is 10.2 Å². The molecule has 0 amide bonds. The van der Waals surface area contributed by atoms with Crippen LogP contribution in [-0.2, 0) is 20.4 Å². The van der Waals surface area contributed by atoms with Crippen LogP contribution < -0.4 is 18.6 Å². The standard InChI is InChI=1S/2C12H27P.C3H5.ClHO4.Pd/c2*1-4-7-10-13(11-8-5-2)12-9-6-3;1-3-2;2-1(3,4)5;/h2*4-12H2,1-3H3;3H,1-2H2;(H,2,3,4,5);/q;;-1;;+2/p-1. The third-order valence-corrected chi connectivity index (χ3v) is 10.7. The molecule has 0 fully saturated rings. The number of unbranched alkanes of at least 4 members (excludes halogenated alkanes) is 6. The summed E-state index contributed by atoms with van der Waals surface area (Å²) in [5.41, 5.74) is 0. The van der Waals surface area contributed by atoms with Crippen LogP contribution in [0.3, 0.4) is 0 Å². The fourth-order valence-corrected chi connectivity index (χ4v) is 8.88. The molecule has 0 rings (SSSR count). The van der Waals surface area contributed by atoms with Crippen LogP contribution >= 0.6 is 15.8 Å². The van der Waals surface area contributed by atoms with Crippen molar-refractivity contribution in [1.29, 1.82) is 0 Å². The van der Waals surface area contributed by atoms with Gasteiger partial charge in [-0.2, -0.15) is 0 Å². The van der Waals surface area contributed by atoms with Crippen molar-refractivity contribution in [3.8, 4) is 0 Å². The normalized spacial score (nSPS) is 10.3. The Bertz CT molecular complexity index is 295. The van der Waals surface area contributed by atoms with E-state index in [1.807, 2.05) is 0 Å². The number of rotatable bonds is 18. The summed E-state index contributed by atoms with van der Waals surface area (Å²) >= 11 is 0.